The quantitative estimate of drug-likeness (QED) is 0.485. The van der Waals surface area contributed by atoms with Crippen LogP contribution < -0.4 is 0 Å². The lowest BCUT2D eigenvalue weighted by molar-refractivity contribution is 0.102. The third kappa shape index (κ3) is 1.82. The molecule has 0 spiro atoms. The molecule has 3 nitrogen and oxygen atoms in total. The molecule has 112 valence electrons. The SMILES string of the molecule is CCn1c(C(=O)c2cc3ccsc3n2CC)cc2ccsc21. The van der Waals surface area contributed by atoms with Crippen LogP contribution in [0.25, 0.3) is 20.4 Å². The van der Waals surface area contributed by atoms with Crippen LogP contribution >= 0.6 is 22.7 Å². The van der Waals surface area contributed by atoms with Gasteiger partial charge in [-0.3, -0.25) is 4.79 Å². The molecule has 0 aliphatic carbocycles. The van der Waals surface area contributed by atoms with Gasteiger partial charge in [-0.1, -0.05) is 0 Å². The zero-order valence-corrected chi connectivity index (χ0v) is 14.1. The van der Waals surface area contributed by atoms with Crippen molar-refractivity contribution in [2.45, 2.75) is 26.9 Å². The Kier molecular flexibility index (Phi) is 3.20. The molecule has 5 heteroatoms. The minimum absolute atomic E-state index is 0.121. The first kappa shape index (κ1) is 13.8. The highest BCUT2D eigenvalue weighted by atomic mass is 32.1. The molecule has 22 heavy (non-hydrogen) atoms. The number of nitrogens with zero attached hydrogens (tertiary/aromatic N) is 2. The normalized spacial score (nSPS) is 11.7. The molecule has 0 aromatic carbocycles. The fourth-order valence-corrected chi connectivity index (χ4v) is 5.01. The van der Waals surface area contributed by atoms with Gasteiger partial charge in [0.25, 0.3) is 0 Å². The third-order valence-corrected chi connectivity index (χ3v) is 6.01. The number of ketones is 1. The Bertz CT molecular complexity index is 904. The molecule has 4 aromatic heterocycles. The summed E-state index contributed by atoms with van der Waals surface area (Å²) in [5.74, 6) is 0.121. The summed E-state index contributed by atoms with van der Waals surface area (Å²) >= 11 is 3.39. The van der Waals surface area contributed by atoms with Crippen LogP contribution in [0, 0.1) is 0 Å². The van der Waals surface area contributed by atoms with E-state index < -0.39 is 0 Å². The highest BCUT2D eigenvalue weighted by molar-refractivity contribution is 7.17. The average molecular weight is 328 g/mol. The number of carbonyl (C=O) groups excluding carboxylic acids is 1. The Balaban J connectivity index is 1.91. The van der Waals surface area contributed by atoms with Gasteiger partial charge in [-0.15, -0.1) is 22.7 Å². The standard InChI is InChI=1S/C17H16N2OS2/c1-3-18-13(9-11-5-7-21-16(11)18)15(20)14-10-12-6-8-22-17(12)19(14)4-2/h5-10H,3-4H2,1-2H3. The lowest BCUT2D eigenvalue weighted by atomic mass is 10.2. The summed E-state index contributed by atoms with van der Waals surface area (Å²) in [6.45, 7) is 5.80. The Morgan fingerprint density at radius 2 is 1.36 bits per heavy atom. The van der Waals surface area contributed by atoms with Gasteiger partial charge in [0.2, 0.25) is 5.78 Å². The molecule has 0 saturated carbocycles. The van der Waals surface area contributed by atoms with Crippen LogP contribution in [0.15, 0.2) is 35.0 Å². The number of hydrogen-bond acceptors (Lipinski definition) is 3. The summed E-state index contributed by atoms with van der Waals surface area (Å²) in [5.41, 5.74) is 1.59. The number of fused-ring (bicyclic) bond motifs is 2. The van der Waals surface area contributed by atoms with E-state index >= 15 is 0 Å². The van der Waals surface area contributed by atoms with Gasteiger partial charge in [-0.2, -0.15) is 0 Å². The van der Waals surface area contributed by atoms with Crippen LogP contribution in [0.5, 0.6) is 0 Å². The molecule has 0 radical (unpaired) electrons. The van der Waals surface area contributed by atoms with E-state index in [4.69, 9.17) is 0 Å². The van der Waals surface area contributed by atoms with E-state index in [0.717, 1.165) is 35.2 Å². The first-order valence-corrected chi connectivity index (χ1v) is 9.18. The smallest absolute Gasteiger partial charge is 0.225 e. The van der Waals surface area contributed by atoms with E-state index in [0.29, 0.717) is 0 Å². The van der Waals surface area contributed by atoms with Gasteiger partial charge in [-0.25, -0.2) is 0 Å². The van der Waals surface area contributed by atoms with Crippen LogP contribution in [0.2, 0.25) is 0 Å². The molecule has 0 fully saturated rings. The van der Waals surface area contributed by atoms with Crippen LogP contribution in [0.3, 0.4) is 0 Å². The Labute approximate surface area is 136 Å². The van der Waals surface area contributed by atoms with E-state index in [2.05, 4.69) is 45.9 Å². The summed E-state index contributed by atoms with van der Waals surface area (Å²) in [7, 11) is 0. The maximum absolute atomic E-state index is 13.1. The van der Waals surface area contributed by atoms with Crippen LogP contribution in [-0.4, -0.2) is 14.9 Å². The monoisotopic (exact) mass is 328 g/mol. The first-order chi connectivity index (χ1) is 10.7. The molecule has 4 aromatic rings. The van der Waals surface area contributed by atoms with Crippen molar-refractivity contribution in [2.24, 2.45) is 0 Å². The molecule has 0 saturated heterocycles. The molecule has 0 unspecified atom stereocenters. The van der Waals surface area contributed by atoms with Gasteiger partial charge in [0.05, 0.1) is 11.4 Å². The predicted octanol–water partition coefficient (Wildman–Crippen LogP) is 4.99. The number of rotatable bonds is 4. The van der Waals surface area contributed by atoms with E-state index in [9.17, 15) is 4.79 Å². The molecular weight excluding hydrogens is 312 g/mol. The van der Waals surface area contributed by atoms with Crippen molar-refractivity contribution in [3.05, 3.63) is 46.4 Å². The van der Waals surface area contributed by atoms with Crippen LogP contribution in [0.1, 0.15) is 30.0 Å². The fraction of sp³-hybridized carbons (Fsp3) is 0.235. The van der Waals surface area contributed by atoms with Crippen molar-refractivity contribution >= 4 is 48.9 Å². The summed E-state index contributed by atoms with van der Waals surface area (Å²) in [5, 5.41) is 6.48. The maximum Gasteiger partial charge on any atom is 0.225 e. The minimum Gasteiger partial charge on any atom is -0.330 e. The van der Waals surface area contributed by atoms with E-state index in [1.165, 1.54) is 9.66 Å². The zero-order chi connectivity index (χ0) is 15.3. The van der Waals surface area contributed by atoms with Gasteiger partial charge >= 0.3 is 0 Å². The van der Waals surface area contributed by atoms with Crippen molar-refractivity contribution in [1.82, 2.24) is 9.13 Å². The molecule has 4 heterocycles. The lowest BCUT2D eigenvalue weighted by Crippen LogP contribution is -2.13. The summed E-state index contributed by atoms with van der Waals surface area (Å²) in [6.07, 6.45) is 0. The fourth-order valence-electron chi connectivity index (χ4n) is 3.09. The van der Waals surface area contributed by atoms with Crippen molar-refractivity contribution in [3.63, 3.8) is 0 Å². The summed E-state index contributed by atoms with van der Waals surface area (Å²) < 4.78 is 4.26. The van der Waals surface area contributed by atoms with Crippen molar-refractivity contribution in [1.29, 1.82) is 0 Å². The number of carbonyl (C=O) groups is 1. The summed E-state index contributed by atoms with van der Waals surface area (Å²) in [4.78, 5) is 15.5. The molecule has 0 bridgehead atoms. The Hall–Kier alpha value is -1.85. The van der Waals surface area contributed by atoms with E-state index in [-0.39, 0.29) is 5.78 Å². The van der Waals surface area contributed by atoms with Gasteiger partial charge in [0.1, 0.15) is 9.66 Å². The van der Waals surface area contributed by atoms with Crippen molar-refractivity contribution in [2.75, 3.05) is 0 Å². The van der Waals surface area contributed by atoms with E-state index in [1.54, 1.807) is 22.7 Å². The Morgan fingerprint density at radius 1 is 0.909 bits per heavy atom. The van der Waals surface area contributed by atoms with Crippen LogP contribution in [-0.2, 0) is 13.1 Å². The topological polar surface area (TPSA) is 26.9 Å². The van der Waals surface area contributed by atoms with Gasteiger partial charge < -0.3 is 9.13 Å². The second-order valence-corrected chi connectivity index (χ2v) is 7.03. The molecule has 4 rings (SSSR count). The molecule has 0 aliphatic heterocycles. The largest absolute Gasteiger partial charge is 0.330 e. The number of hydrogen-bond donors (Lipinski definition) is 0. The van der Waals surface area contributed by atoms with Gasteiger partial charge in [0.15, 0.2) is 0 Å². The first-order valence-electron chi connectivity index (χ1n) is 7.42. The van der Waals surface area contributed by atoms with Gasteiger partial charge in [-0.05, 0) is 48.9 Å². The average Bonchev–Trinajstić information content (AvgIpc) is 3.24. The molecule has 0 N–H and O–H groups in total. The number of thiophene rings is 2. The molecular formula is C17H16N2OS2. The zero-order valence-electron chi connectivity index (χ0n) is 12.5. The highest BCUT2D eigenvalue weighted by Crippen LogP contribution is 2.30. The van der Waals surface area contributed by atoms with Crippen molar-refractivity contribution < 1.29 is 4.79 Å². The summed E-state index contributed by atoms with van der Waals surface area (Å²) in [6, 6.07) is 8.22. The maximum atomic E-state index is 13.1. The molecule has 0 atom stereocenters. The van der Waals surface area contributed by atoms with Gasteiger partial charge in [0, 0.05) is 23.9 Å². The lowest BCUT2D eigenvalue weighted by Gasteiger charge is -2.09. The Morgan fingerprint density at radius 3 is 1.77 bits per heavy atom. The molecule has 0 aliphatic rings. The second kappa shape index (κ2) is 5.11. The highest BCUT2D eigenvalue weighted by Gasteiger charge is 2.21. The van der Waals surface area contributed by atoms with Crippen LogP contribution in [0.4, 0.5) is 0 Å². The predicted molar refractivity (Wildman–Crippen MR) is 94.4 cm³/mol. The second-order valence-electron chi connectivity index (χ2n) is 5.24. The van der Waals surface area contributed by atoms with Crippen molar-refractivity contribution in [3.8, 4) is 0 Å². The van der Waals surface area contributed by atoms with E-state index in [1.807, 2.05) is 12.1 Å². The number of aryl methyl sites for hydroxylation is 2. The minimum atomic E-state index is 0.121. The number of aromatic nitrogens is 2. The molecule has 0 amide bonds. The third-order valence-electron chi connectivity index (χ3n) is 4.10.